The molecule has 0 radical (unpaired) electrons. The van der Waals surface area contributed by atoms with Crippen molar-refractivity contribution in [1.82, 2.24) is 0 Å². The van der Waals surface area contributed by atoms with E-state index in [2.05, 4.69) is 94.8 Å². The summed E-state index contributed by atoms with van der Waals surface area (Å²) in [6.45, 7) is 0. The summed E-state index contributed by atoms with van der Waals surface area (Å²) in [5.41, 5.74) is 11.2. The SMILES string of the molecule is Clc1ccc(-c2cccc3c2C2c4ccccc4C3c3ccccc32)cc1Br. The van der Waals surface area contributed by atoms with Crippen molar-refractivity contribution >= 4 is 27.5 Å². The zero-order valence-corrected chi connectivity index (χ0v) is 17.3. The third-order valence-electron chi connectivity index (χ3n) is 6.21. The summed E-state index contributed by atoms with van der Waals surface area (Å²) in [6, 6.07) is 30.9. The van der Waals surface area contributed by atoms with Crippen molar-refractivity contribution < 1.29 is 0 Å². The zero-order valence-electron chi connectivity index (χ0n) is 15.0. The molecule has 0 N–H and O–H groups in total. The highest BCUT2D eigenvalue weighted by atomic mass is 79.9. The molecule has 0 aromatic heterocycles. The van der Waals surface area contributed by atoms with E-state index in [0.717, 1.165) is 9.50 Å². The molecule has 0 aliphatic heterocycles. The van der Waals surface area contributed by atoms with Gasteiger partial charge < -0.3 is 0 Å². The lowest BCUT2D eigenvalue weighted by Crippen LogP contribution is -2.28. The highest BCUT2D eigenvalue weighted by Crippen LogP contribution is 2.57. The molecule has 134 valence electrons. The van der Waals surface area contributed by atoms with Crippen LogP contribution in [0.4, 0.5) is 0 Å². The Balaban J connectivity index is 1.68. The first kappa shape index (κ1) is 16.6. The summed E-state index contributed by atoms with van der Waals surface area (Å²) in [7, 11) is 0. The van der Waals surface area contributed by atoms with Gasteiger partial charge in [0.25, 0.3) is 0 Å². The van der Waals surface area contributed by atoms with Crippen molar-refractivity contribution in [3.05, 3.63) is 128 Å². The topological polar surface area (TPSA) is 0 Å². The monoisotopic (exact) mass is 442 g/mol. The number of benzene rings is 4. The Hall–Kier alpha value is -2.35. The second-order valence-electron chi connectivity index (χ2n) is 7.56. The summed E-state index contributed by atoms with van der Waals surface area (Å²) in [6.07, 6.45) is 0. The molecule has 0 atom stereocenters. The van der Waals surface area contributed by atoms with Gasteiger partial charge in [-0.15, -0.1) is 0 Å². The largest absolute Gasteiger partial charge is 0.0831 e. The van der Waals surface area contributed by atoms with Gasteiger partial charge in [0.05, 0.1) is 5.02 Å². The van der Waals surface area contributed by atoms with Crippen molar-refractivity contribution in [2.45, 2.75) is 11.8 Å². The minimum atomic E-state index is 0.276. The second-order valence-corrected chi connectivity index (χ2v) is 8.82. The van der Waals surface area contributed by atoms with Crippen LogP contribution in [0.1, 0.15) is 45.2 Å². The van der Waals surface area contributed by atoms with Crippen LogP contribution in [0.5, 0.6) is 0 Å². The molecule has 4 aromatic rings. The molecule has 28 heavy (non-hydrogen) atoms. The van der Waals surface area contributed by atoms with Crippen molar-refractivity contribution in [1.29, 1.82) is 0 Å². The van der Waals surface area contributed by atoms with Crippen LogP contribution in [0.25, 0.3) is 11.1 Å². The summed E-state index contributed by atoms with van der Waals surface area (Å²) >= 11 is 9.86. The summed E-state index contributed by atoms with van der Waals surface area (Å²) in [4.78, 5) is 0. The van der Waals surface area contributed by atoms with Crippen molar-refractivity contribution in [3.8, 4) is 11.1 Å². The second kappa shape index (κ2) is 6.07. The van der Waals surface area contributed by atoms with Gasteiger partial charge in [-0.3, -0.25) is 0 Å². The Morgan fingerprint density at radius 2 is 1.18 bits per heavy atom. The van der Waals surface area contributed by atoms with E-state index in [0.29, 0.717) is 5.92 Å². The van der Waals surface area contributed by atoms with Gasteiger partial charge in [0.2, 0.25) is 0 Å². The molecule has 0 spiro atoms. The maximum Gasteiger partial charge on any atom is 0.0548 e. The molecule has 0 nitrogen and oxygen atoms in total. The standard InChI is InChI=1S/C26H16BrCl/c27-22-14-15(12-13-23(22)28)16-10-5-11-21-24-17-6-1-3-8-19(17)26(25(16)21)20-9-4-2-7-18(20)24/h1-14,24,26H. The first-order valence-corrected chi connectivity index (χ1v) is 10.7. The van der Waals surface area contributed by atoms with Crippen LogP contribution in [0.3, 0.4) is 0 Å². The van der Waals surface area contributed by atoms with E-state index < -0.39 is 0 Å². The van der Waals surface area contributed by atoms with Crippen LogP contribution in [-0.4, -0.2) is 0 Å². The Kier molecular flexibility index (Phi) is 3.60. The molecule has 0 saturated carbocycles. The van der Waals surface area contributed by atoms with E-state index in [-0.39, 0.29) is 5.92 Å². The highest BCUT2D eigenvalue weighted by molar-refractivity contribution is 9.10. The van der Waals surface area contributed by atoms with Crippen LogP contribution in [-0.2, 0) is 0 Å². The third kappa shape index (κ3) is 2.18. The van der Waals surface area contributed by atoms with Crippen LogP contribution in [0.2, 0.25) is 5.02 Å². The van der Waals surface area contributed by atoms with E-state index in [9.17, 15) is 0 Å². The van der Waals surface area contributed by atoms with Gasteiger partial charge in [0, 0.05) is 16.3 Å². The Bertz CT molecular complexity index is 1210. The van der Waals surface area contributed by atoms with Gasteiger partial charge in [-0.2, -0.15) is 0 Å². The van der Waals surface area contributed by atoms with Crippen LogP contribution in [0.15, 0.2) is 89.4 Å². The van der Waals surface area contributed by atoms with E-state index in [1.807, 2.05) is 6.07 Å². The fraction of sp³-hybridized carbons (Fsp3) is 0.0769. The van der Waals surface area contributed by atoms with Crippen LogP contribution < -0.4 is 0 Å². The molecule has 0 fully saturated rings. The van der Waals surface area contributed by atoms with Gasteiger partial charge in [-0.1, -0.05) is 84.4 Å². The van der Waals surface area contributed by atoms with Gasteiger partial charge in [-0.25, -0.2) is 0 Å². The molecule has 0 saturated heterocycles. The lowest BCUT2D eigenvalue weighted by Gasteiger charge is -2.43. The molecule has 2 bridgehead atoms. The Morgan fingerprint density at radius 1 is 0.607 bits per heavy atom. The average Bonchev–Trinajstić information content (AvgIpc) is 2.75. The predicted molar refractivity (Wildman–Crippen MR) is 119 cm³/mol. The molecular weight excluding hydrogens is 428 g/mol. The minimum Gasteiger partial charge on any atom is -0.0831 e. The van der Waals surface area contributed by atoms with E-state index in [4.69, 9.17) is 11.6 Å². The molecule has 3 aliphatic rings. The number of halogens is 2. The quantitative estimate of drug-likeness (QED) is 0.243. The summed E-state index contributed by atoms with van der Waals surface area (Å²) < 4.78 is 0.936. The summed E-state index contributed by atoms with van der Waals surface area (Å²) in [5.74, 6) is 0.584. The first-order valence-electron chi connectivity index (χ1n) is 9.50. The minimum absolute atomic E-state index is 0.276. The maximum atomic E-state index is 6.26. The molecule has 3 aliphatic carbocycles. The molecule has 0 unspecified atom stereocenters. The predicted octanol–water partition coefficient (Wildman–Crippen LogP) is 7.76. The van der Waals surface area contributed by atoms with E-state index >= 15 is 0 Å². The number of hydrogen-bond acceptors (Lipinski definition) is 0. The smallest absolute Gasteiger partial charge is 0.0548 e. The van der Waals surface area contributed by atoms with Gasteiger partial charge in [0.1, 0.15) is 0 Å². The van der Waals surface area contributed by atoms with Gasteiger partial charge >= 0.3 is 0 Å². The highest BCUT2D eigenvalue weighted by Gasteiger charge is 2.42. The van der Waals surface area contributed by atoms with Crippen molar-refractivity contribution in [2.24, 2.45) is 0 Å². The fourth-order valence-electron chi connectivity index (χ4n) is 5.13. The summed E-state index contributed by atoms with van der Waals surface area (Å²) in [5, 5.41) is 0.741. The maximum absolute atomic E-state index is 6.26. The van der Waals surface area contributed by atoms with Crippen molar-refractivity contribution in [2.75, 3.05) is 0 Å². The lowest BCUT2D eigenvalue weighted by molar-refractivity contribution is 0.756. The Labute approximate surface area is 177 Å². The average molecular weight is 444 g/mol. The first-order chi connectivity index (χ1) is 13.7. The van der Waals surface area contributed by atoms with Crippen LogP contribution >= 0.6 is 27.5 Å². The van der Waals surface area contributed by atoms with Gasteiger partial charge in [-0.05, 0) is 72.6 Å². The fourth-order valence-corrected chi connectivity index (χ4v) is 5.62. The molecule has 0 amide bonds. The molecular formula is C26H16BrCl. The number of rotatable bonds is 1. The molecule has 0 heterocycles. The lowest BCUT2D eigenvalue weighted by atomic mass is 9.60. The number of hydrogen-bond donors (Lipinski definition) is 0. The Morgan fingerprint density at radius 3 is 1.79 bits per heavy atom. The van der Waals surface area contributed by atoms with Crippen LogP contribution in [0, 0.1) is 0 Å². The molecule has 7 rings (SSSR count). The molecule has 4 aromatic carbocycles. The van der Waals surface area contributed by atoms with Gasteiger partial charge in [0.15, 0.2) is 0 Å². The molecule has 2 heteroatoms. The normalized spacial score (nSPS) is 18.4. The third-order valence-corrected chi connectivity index (χ3v) is 7.42. The zero-order chi connectivity index (χ0) is 18.8. The van der Waals surface area contributed by atoms with E-state index in [1.54, 1.807) is 0 Å². The van der Waals surface area contributed by atoms with E-state index in [1.165, 1.54) is 44.5 Å². The van der Waals surface area contributed by atoms with Crippen molar-refractivity contribution in [3.63, 3.8) is 0 Å².